The first-order valence-corrected chi connectivity index (χ1v) is 7.30. The van der Waals surface area contributed by atoms with E-state index in [1.165, 1.54) is 11.4 Å². The number of nitrogens with one attached hydrogen (secondary N) is 1. The normalized spacial score (nSPS) is 27.4. The maximum atomic E-state index is 5.87. The summed E-state index contributed by atoms with van der Waals surface area (Å²) >= 11 is 0. The quantitative estimate of drug-likeness (QED) is 0.880. The topological polar surface area (TPSA) is 37.4 Å². The van der Waals surface area contributed by atoms with Gasteiger partial charge in [0.05, 0.1) is 30.6 Å². The van der Waals surface area contributed by atoms with Gasteiger partial charge in [0.25, 0.3) is 0 Å². The summed E-state index contributed by atoms with van der Waals surface area (Å²) in [5, 5.41) is 3.41. The SMILES string of the molecule is CC(C)c1ccc(N2CCO[C@@H]3CNCC[C@@H]32)cn1. The molecule has 0 aromatic carbocycles. The maximum Gasteiger partial charge on any atom is 0.0903 e. The van der Waals surface area contributed by atoms with Crippen molar-refractivity contribution in [3.63, 3.8) is 0 Å². The Labute approximate surface area is 115 Å². The number of fused-ring (bicyclic) bond motifs is 1. The van der Waals surface area contributed by atoms with E-state index in [0.29, 0.717) is 18.1 Å². The Kier molecular flexibility index (Phi) is 3.71. The van der Waals surface area contributed by atoms with E-state index in [0.717, 1.165) is 32.7 Å². The molecule has 2 saturated heterocycles. The highest BCUT2D eigenvalue weighted by atomic mass is 16.5. The molecule has 19 heavy (non-hydrogen) atoms. The third-order valence-electron chi connectivity index (χ3n) is 4.15. The van der Waals surface area contributed by atoms with Gasteiger partial charge < -0.3 is 15.0 Å². The summed E-state index contributed by atoms with van der Waals surface area (Å²) in [5.74, 6) is 0.491. The van der Waals surface area contributed by atoms with Crippen LogP contribution in [0.4, 0.5) is 5.69 Å². The standard InChI is InChI=1S/C15H23N3O/c1-11(2)13-4-3-12(9-17-13)18-7-8-19-15-10-16-6-5-14(15)18/h3-4,9,11,14-16H,5-8,10H2,1-2H3/t14-,15+/m0/s1. The van der Waals surface area contributed by atoms with Crippen LogP contribution in [0.1, 0.15) is 31.9 Å². The number of hydrogen-bond donors (Lipinski definition) is 1. The van der Waals surface area contributed by atoms with Gasteiger partial charge in [-0.2, -0.15) is 0 Å². The summed E-state index contributed by atoms with van der Waals surface area (Å²) < 4.78 is 5.87. The molecule has 1 N–H and O–H groups in total. The number of nitrogens with zero attached hydrogens (tertiary/aromatic N) is 2. The predicted octanol–water partition coefficient (Wildman–Crippen LogP) is 1.77. The fourth-order valence-electron chi connectivity index (χ4n) is 3.04. The summed E-state index contributed by atoms with van der Waals surface area (Å²) in [6.45, 7) is 8.20. The highest BCUT2D eigenvalue weighted by Gasteiger charge is 2.34. The summed E-state index contributed by atoms with van der Waals surface area (Å²) in [7, 11) is 0. The van der Waals surface area contributed by atoms with Gasteiger partial charge in [-0.15, -0.1) is 0 Å². The molecule has 3 heterocycles. The van der Waals surface area contributed by atoms with Crippen molar-refractivity contribution in [1.82, 2.24) is 10.3 Å². The zero-order valence-electron chi connectivity index (χ0n) is 11.8. The lowest BCUT2D eigenvalue weighted by Gasteiger charge is -2.45. The molecule has 0 radical (unpaired) electrons. The molecule has 0 saturated carbocycles. The minimum absolute atomic E-state index is 0.326. The molecule has 0 bridgehead atoms. The van der Waals surface area contributed by atoms with Crippen LogP contribution < -0.4 is 10.2 Å². The van der Waals surface area contributed by atoms with Crippen LogP contribution in [0, 0.1) is 0 Å². The van der Waals surface area contributed by atoms with E-state index in [4.69, 9.17) is 4.74 Å². The van der Waals surface area contributed by atoms with Crippen LogP contribution in [-0.2, 0) is 4.74 Å². The Morgan fingerprint density at radius 1 is 1.42 bits per heavy atom. The second kappa shape index (κ2) is 5.47. The molecule has 0 amide bonds. The Bertz CT molecular complexity index is 416. The number of morpholine rings is 1. The fourth-order valence-corrected chi connectivity index (χ4v) is 3.04. The van der Waals surface area contributed by atoms with Crippen molar-refractivity contribution in [3.05, 3.63) is 24.0 Å². The Hall–Kier alpha value is -1.13. The van der Waals surface area contributed by atoms with Gasteiger partial charge in [-0.25, -0.2) is 0 Å². The van der Waals surface area contributed by atoms with E-state index >= 15 is 0 Å². The molecule has 1 aromatic heterocycles. The smallest absolute Gasteiger partial charge is 0.0903 e. The van der Waals surface area contributed by atoms with E-state index in [1.807, 2.05) is 6.20 Å². The van der Waals surface area contributed by atoms with Crippen LogP contribution in [0.5, 0.6) is 0 Å². The lowest BCUT2D eigenvalue weighted by Crippen LogP contribution is -2.58. The summed E-state index contributed by atoms with van der Waals surface area (Å²) in [5.41, 5.74) is 2.41. The van der Waals surface area contributed by atoms with Crippen molar-refractivity contribution in [1.29, 1.82) is 0 Å². The van der Waals surface area contributed by atoms with Crippen molar-refractivity contribution >= 4 is 5.69 Å². The van der Waals surface area contributed by atoms with Crippen LogP contribution in [0.3, 0.4) is 0 Å². The van der Waals surface area contributed by atoms with E-state index < -0.39 is 0 Å². The number of pyridine rings is 1. The first-order chi connectivity index (χ1) is 9.25. The Morgan fingerprint density at radius 3 is 3.05 bits per heavy atom. The molecular weight excluding hydrogens is 238 g/mol. The van der Waals surface area contributed by atoms with Crippen LogP contribution >= 0.6 is 0 Å². The average Bonchev–Trinajstić information content (AvgIpc) is 2.47. The molecule has 2 aliphatic rings. The lowest BCUT2D eigenvalue weighted by atomic mass is 9.99. The number of aromatic nitrogens is 1. The number of rotatable bonds is 2. The highest BCUT2D eigenvalue weighted by molar-refractivity contribution is 5.47. The van der Waals surface area contributed by atoms with Crippen molar-refractivity contribution in [2.75, 3.05) is 31.1 Å². The predicted molar refractivity (Wildman–Crippen MR) is 76.7 cm³/mol. The molecule has 0 spiro atoms. The van der Waals surface area contributed by atoms with Gasteiger partial charge in [0.15, 0.2) is 0 Å². The monoisotopic (exact) mass is 261 g/mol. The van der Waals surface area contributed by atoms with Crippen molar-refractivity contribution < 1.29 is 4.74 Å². The van der Waals surface area contributed by atoms with Gasteiger partial charge in [-0.05, 0) is 31.0 Å². The van der Waals surface area contributed by atoms with E-state index in [2.05, 4.69) is 41.2 Å². The number of hydrogen-bond acceptors (Lipinski definition) is 4. The third-order valence-corrected chi connectivity index (χ3v) is 4.15. The van der Waals surface area contributed by atoms with Crippen LogP contribution in [-0.4, -0.2) is 43.4 Å². The zero-order chi connectivity index (χ0) is 13.2. The maximum absolute atomic E-state index is 5.87. The fraction of sp³-hybridized carbons (Fsp3) is 0.667. The first-order valence-electron chi connectivity index (χ1n) is 7.30. The highest BCUT2D eigenvalue weighted by Crippen LogP contribution is 2.26. The summed E-state index contributed by atoms with van der Waals surface area (Å²) in [4.78, 5) is 7.07. The second-order valence-corrected chi connectivity index (χ2v) is 5.76. The van der Waals surface area contributed by atoms with E-state index in [1.54, 1.807) is 0 Å². The minimum atomic E-state index is 0.326. The lowest BCUT2D eigenvalue weighted by molar-refractivity contribution is -0.000247. The van der Waals surface area contributed by atoms with E-state index in [9.17, 15) is 0 Å². The third kappa shape index (κ3) is 2.60. The molecule has 0 unspecified atom stereocenters. The van der Waals surface area contributed by atoms with Gasteiger partial charge in [-0.3, -0.25) is 4.98 Å². The summed E-state index contributed by atoms with van der Waals surface area (Å²) in [6.07, 6.45) is 3.50. The van der Waals surface area contributed by atoms with E-state index in [-0.39, 0.29) is 0 Å². The molecule has 1 aromatic rings. The number of ether oxygens (including phenoxy) is 1. The molecule has 3 rings (SSSR count). The minimum Gasteiger partial charge on any atom is -0.373 e. The van der Waals surface area contributed by atoms with Crippen LogP contribution in [0.15, 0.2) is 18.3 Å². The van der Waals surface area contributed by atoms with Crippen molar-refractivity contribution in [2.45, 2.75) is 38.3 Å². The van der Waals surface area contributed by atoms with Gasteiger partial charge >= 0.3 is 0 Å². The molecule has 0 aliphatic carbocycles. The van der Waals surface area contributed by atoms with Gasteiger partial charge in [-0.1, -0.05) is 13.8 Å². The van der Waals surface area contributed by atoms with Crippen LogP contribution in [0.2, 0.25) is 0 Å². The van der Waals surface area contributed by atoms with Crippen molar-refractivity contribution in [2.24, 2.45) is 0 Å². The molecule has 2 atom stereocenters. The Balaban J connectivity index is 1.79. The van der Waals surface area contributed by atoms with Gasteiger partial charge in [0, 0.05) is 18.8 Å². The molecule has 104 valence electrons. The Morgan fingerprint density at radius 2 is 2.32 bits per heavy atom. The molecule has 4 heteroatoms. The number of piperidine rings is 1. The molecule has 2 fully saturated rings. The molecular formula is C15H23N3O. The molecule has 2 aliphatic heterocycles. The van der Waals surface area contributed by atoms with Gasteiger partial charge in [0.1, 0.15) is 0 Å². The van der Waals surface area contributed by atoms with Crippen LogP contribution in [0.25, 0.3) is 0 Å². The van der Waals surface area contributed by atoms with Gasteiger partial charge in [0.2, 0.25) is 0 Å². The second-order valence-electron chi connectivity index (χ2n) is 5.76. The molecule has 4 nitrogen and oxygen atoms in total. The number of anilines is 1. The first kappa shape index (κ1) is 12.9. The largest absolute Gasteiger partial charge is 0.373 e. The average molecular weight is 261 g/mol. The van der Waals surface area contributed by atoms with Crippen molar-refractivity contribution in [3.8, 4) is 0 Å². The zero-order valence-corrected chi connectivity index (χ0v) is 11.8. The summed E-state index contributed by atoms with van der Waals surface area (Å²) in [6, 6.07) is 4.87.